The Morgan fingerprint density at radius 1 is 1.00 bits per heavy atom. The number of nitrogens with two attached hydrogens (primary N) is 2. The average molecular weight is 567 g/mol. The number of aliphatic imine (C=N–C) groups is 1. The number of nitrogens with zero attached hydrogens (tertiary/aromatic N) is 2. The van der Waals surface area contributed by atoms with E-state index in [1.165, 1.54) is 6.20 Å². The van der Waals surface area contributed by atoms with E-state index < -0.39 is 29.7 Å². The van der Waals surface area contributed by atoms with E-state index in [0.29, 0.717) is 23.7 Å². The maximum Gasteiger partial charge on any atom is 0.326 e. The van der Waals surface area contributed by atoms with Gasteiger partial charge in [0.25, 0.3) is 11.7 Å². The minimum Gasteiger partial charge on any atom is -0.480 e. The number of carbonyl (C=O) groups is 4. The van der Waals surface area contributed by atoms with Crippen LogP contribution in [0, 0.1) is 5.92 Å². The maximum absolute atomic E-state index is 14.2. The summed E-state index contributed by atoms with van der Waals surface area (Å²) in [7, 11) is 0. The van der Waals surface area contributed by atoms with Crippen molar-refractivity contribution < 1.29 is 24.3 Å². The molecule has 2 amide bonds. The summed E-state index contributed by atoms with van der Waals surface area (Å²) in [6, 6.07) is 4.58. The second-order valence-corrected chi connectivity index (χ2v) is 11.3. The Kier molecular flexibility index (Phi) is 10.4. The molecular formula is C30H42N6O5. The lowest BCUT2D eigenvalue weighted by molar-refractivity contribution is -0.155. The van der Waals surface area contributed by atoms with Gasteiger partial charge in [-0.1, -0.05) is 56.7 Å². The number of fused-ring (bicyclic) bond motifs is 1. The fourth-order valence-electron chi connectivity index (χ4n) is 6.38. The number of carboxylic acids is 1. The first-order chi connectivity index (χ1) is 19.8. The first-order valence-corrected chi connectivity index (χ1v) is 14.8. The third kappa shape index (κ3) is 7.45. The standard InChI is InChI=1S/C30H42N6O5/c31-30(32)33-17-9-16-24(29(40)41)36(28(39)26(37)22-18-34-23-15-8-7-14-21(22)23)25(19-10-3-1-4-11-19)27(38)35-20-12-5-2-6-13-20/h7-8,14-15,18-20,24-25,34H,1-6,9-13,16-17H2,(H,35,38)(H,40,41)(H4,31,32,33)/t24-,25?/m1/s1. The molecule has 4 rings (SSSR count). The Morgan fingerprint density at radius 2 is 1.66 bits per heavy atom. The van der Waals surface area contributed by atoms with Crippen molar-refractivity contribution in [1.82, 2.24) is 15.2 Å². The van der Waals surface area contributed by atoms with Crippen molar-refractivity contribution in [3.8, 4) is 0 Å². The summed E-state index contributed by atoms with van der Waals surface area (Å²) in [6.45, 7) is 0.160. The van der Waals surface area contributed by atoms with Crippen LogP contribution < -0.4 is 16.8 Å². The summed E-state index contributed by atoms with van der Waals surface area (Å²) >= 11 is 0. The number of rotatable bonds is 12. The Bertz CT molecular complexity index is 1260. The molecule has 2 saturated carbocycles. The van der Waals surface area contributed by atoms with Crippen LogP contribution in [0.2, 0.25) is 0 Å². The highest BCUT2D eigenvalue weighted by atomic mass is 16.4. The molecule has 41 heavy (non-hydrogen) atoms. The lowest BCUT2D eigenvalue weighted by Crippen LogP contribution is -2.61. The Balaban J connectivity index is 1.73. The van der Waals surface area contributed by atoms with Gasteiger partial charge in [-0.2, -0.15) is 0 Å². The number of H-pyrrole nitrogens is 1. The molecule has 2 atom stereocenters. The minimum atomic E-state index is -1.41. The lowest BCUT2D eigenvalue weighted by atomic mass is 9.81. The zero-order chi connectivity index (χ0) is 29.4. The van der Waals surface area contributed by atoms with Gasteiger partial charge in [0.15, 0.2) is 5.96 Å². The molecule has 0 saturated heterocycles. The van der Waals surface area contributed by atoms with Crippen LogP contribution >= 0.6 is 0 Å². The number of aliphatic carboxylic acids is 1. The largest absolute Gasteiger partial charge is 0.480 e. The summed E-state index contributed by atoms with van der Waals surface area (Å²) in [5.74, 6) is -3.86. The highest BCUT2D eigenvalue weighted by Gasteiger charge is 2.45. The predicted octanol–water partition coefficient (Wildman–Crippen LogP) is 3.08. The SMILES string of the molecule is NC(N)=NCCC[C@H](C(=O)O)N(C(=O)C(=O)c1c[nH]c2ccccc12)C(C(=O)NC1CCCCC1)C1CCCCC1. The van der Waals surface area contributed by atoms with Gasteiger partial charge in [-0.25, -0.2) is 4.79 Å². The molecule has 7 N–H and O–H groups in total. The van der Waals surface area contributed by atoms with Gasteiger partial charge < -0.3 is 31.8 Å². The summed E-state index contributed by atoms with van der Waals surface area (Å²) in [6.07, 6.45) is 10.6. The molecule has 11 nitrogen and oxygen atoms in total. The van der Waals surface area contributed by atoms with E-state index in [-0.39, 0.29) is 48.8 Å². The van der Waals surface area contributed by atoms with Gasteiger partial charge in [0.05, 0.1) is 5.56 Å². The van der Waals surface area contributed by atoms with Crippen LogP contribution in [-0.2, 0) is 14.4 Å². The fourth-order valence-corrected chi connectivity index (χ4v) is 6.38. The molecule has 0 spiro atoms. The van der Waals surface area contributed by atoms with E-state index in [0.717, 1.165) is 56.3 Å². The number of carboxylic acid groups (broad SMARTS) is 1. The van der Waals surface area contributed by atoms with Crippen molar-refractivity contribution >= 4 is 40.4 Å². The molecule has 0 aliphatic heterocycles. The van der Waals surface area contributed by atoms with Crippen molar-refractivity contribution in [3.63, 3.8) is 0 Å². The van der Waals surface area contributed by atoms with E-state index in [4.69, 9.17) is 11.5 Å². The topological polar surface area (TPSA) is 184 Å². The Labute approximate surface area is 240 Å². The third-order valence-corrected chi connectivity index (χ3v) is 8.43. The number of aromatic amines is 1. The molecule has 1 aromatic heterocycles. The van der Waals surface area contributed by atoms with E-state index >= 15 is 0 Å². The summed E-state index contributed by atoms with van der Waals surface area (Å²) < 4.78 is 0. The van der Waals surface area contributed by atoms with Gasteiger partial charge >= 0.3 is 5.97 Å². The molecule has 2 aliphatic carbocycles. The van der Waals surface area contributed by atoms with E-state index in [2.05, 4.69) is 15.3 Å². The number of guanidine groups is 1. The van der Waals surface area contributed by atoms with Gasteiger partial charge in [-0.3, -0.25) is 19.4 Å². The molecule has 0 radical (unpaired) electrons. The second-order valence-electron chi connectivity index (χ2n) is 11.3. The zero-order valence-corrected chi connectivity index (χ0v) is 23.5. The number of nitrogens with one attached hydrogen (secondary N) is 2. The van der Waals surface area contributed by atoms with Crippen LogP contribution in [0.3, 0.4) is 0 Å². The van der Waals surface area contributed by atoms with Crippen LogP contribution in [0.4, 0.5) is 0 Å². The highest BCUT2D eigenvalue weighted by molar-refractivity contribution is 6.45. The number of hydrogen-bond donors (Lipinski definition) is 5. The number of aromatic nitrogens is 1. The van der Waals surface area contributed by atoms with Gasteiger partial charge in [-0.15, -0.1) is 0 Å². The summed E-state index contributed by atoms with van der Waals surface area (Å²) in [5, 5.41) is 14.1. The maximum atomic E-state index is 14.2. The number of ketones is 1. The van der Waals surface area contributed by atoms with E-state index in [9.17, 15) is 24.3 Å². The van der Waals surface area contributed by atoms with Crippen molar-refractivity contribution in [1.29, 1.82) is 0 Å². The number of hydrogen-bond acceptors (Lipinski definition) is 5. The van der Waals surface area contributed by atoms with Crippen LogP contribution in [0.15, 0.2) is 35.5 Å². The van der Waals surface area contributed by atoms with E-state index in [1.807, 2.05) is 6.07 Å². The van der Waals surface area contributed by atoms with Crippen LogP contribution in [-0.4, -0.2) is 69.2 Å². The molecular weight excluding hydrogens is 524 g/mol. The van der Waals surface area contributed by atoms with Crippen LogP contribution in [0.25, 0.3) is 10.9 Å². The van der Waals surface area contributed by atoms with Crippen molar-refractivity contribution in [2.75, 3.05) is 6.54 Å². The van der Waals surface area contributed by atoms with Crippen LogP contribution in [0.5, 0.6) is 0 Å². The van der Waals surface area contributed by atoms with Gasteiger partial charge in [0.2, 0.25) is 5.91 Å². The lowest BCUT2D eigenvalue weighted by Gasteiger charge is -2.41. The quantitative estimate of drug-likeness (QED) is 0.0859. The fraction of sp³-hybridized carbons (Fsp3) is 0.567. The smallest absolute Gasteiger partial charge is 0.326 e. The molecule has 11 heteroatoms. The molecule has 222 valence electrons. The normalized spacial score (nSPS) is 17.9. The zero-order valence-electron chi connectivity index (χ0n) is 23.5. The molecule has 1 unspecified atom stereocenters. The minimum absolute atomic E-state index is 0.0149. The number of para-hydroxylation sites is 1. The summed E-state index contributed by atoms with van der Waals surface area (Å²) in [5.41, 5.74) is 11.7. The molecule has 2 fully saturated rings. The second kappa shape index (κ2) is 14.1. The molecule has 2 aromatic rings. The van der Waals surface area contributed by atoms with Crippen molar-refractivity contribution in [2.24, 2.45) is 22.4 Å². The van der Waals surface area contributed by atoms with Gasteiger partial charge in [0, 0.05) is 29.7 Å². The Morgan fingerprint density at radius 3 is 2.32 bits per heavy atom. The molecule has 1 aromatic carbocycles. The third-order valence-electron chi connectivity index (χ3n) is 8.43. The monoisotopic (exact) mass is 566 g/mol. The number of benzene rings is 1. The first kappa shape index (κ1) is 30.1. The van der Waals surface area contributed by atoms with Crippen molar-refractivity contribution in [2.45, 2.75) is 95.2 Å². The Hall–Kier alpha value is -3.89. The summed E-state index contributed by atoms with van der Waals surface area (Å²) in [4.78, 5) is 62.9. The molecule has 2 aliphatic rings. The predicted molar refractivity (Wildman–Crippen MR) is 156 cm³/mol. The molecule has 1 heterocycles. The van der Waals surface area contributed by atoms with Gasteiger partial charge in [-0.05, 0) is 50.5 Å². The molecule has 0 bridgehead atoms. The van der Waals surface area contributed by atoms with Crippen LogP contribution in [0.1, 0.15) is 87.4 Å². The van der Waals surface area contributed by atoms with Crippen molar-refractivity contribution in [3.05, 3.63) is 36.0 Å². The van der Waals surface area contributed by atoms with Gasteiger partial charge in [0.1, 0.15) is 12.1 Å². The number of amides is 2. The van der Waals surface area contributed by atoms with E-state index in [1.54, 1.807) is 18.2 Å². The number of Topliss-reactive ketones (excluding diaryl/α,β-unsaturated/α-hetero) is 1. The highest BCUT2D eigenvalue weighted by Crippen LogP contribution is 2.32. The first-order valence-electron chi connectivity index (χ1n) is 14.8. The average Bonchev–Trinajstić information content (AvgIpc) is 3.40. The number of carbonyl (C=O) groups excluding carboxylic acids is 3.